The van der Waals surface area contributed by atoms with E-state index in [1.165, 1.54) is 0 Å². The molecule has 0 saturated carbocycles. The molecule has 2 heterocycles. The van der Waals surface area contributed by atoms with E-state index in [9.17, 15) is 27.6 Å². The second-order valence-electron chi connectivity index (χ2n) is 4.79. The molecule has 0 bridgehead atoms. The SMILES string of the molecule is COC(=O)c1c(C(F)(F)F)c(C(=O)O)n2c1C(C(=O)OC)CC2. The summed E-state index contributed by atoms with van der Waals surface area (Å²) in [7, 11) is 1.92. The van der Waals surface area contributed by atoms with E-state index in [-0.39, 0.29) is 18.7 Å². The molecule has 0 spiro atoms. The van der Waals surface area contributed by atoms with Crippen molar-refractivity contribution in [3.63, 3.8) is 0 Å². The van der Waals surface area contributed by atoms with E-state index >= 15 is 0 Å². The highest BCUT2D eigenvalue weighted by Crippen LogP contribution is 2.44. The van der Waals surface area contributed by atoms with Gasteiger partial charge in [-0.15, -0.1) is 0 Å². The smallest absolute Gasteiger partial charge is 0.419 e. The molecule has 0 aliphatic carbocycles. The molecule has 1 atom stereocenters. The number of fused-ring (bicyclic) bond motifs is 1. The zero-order chi connectivity index (χ0) is 17.5. The van der Waals surface area contributed by atoms with E-state index < -0.39 is 46.8 Å². The van der Waals surface area contributed by atoms with E-state index in [1.54, 1.807) is 0 Å². The maximum absolute atomic E-state index is 13.3. The van der Waals surface area contributed by atoms with Gasteiger partial charge in [0.25, 0.3) is 0 Å². The highest BCUT2D eigenvalue weighted by Gasteiger charge is 2.49. The number of aromatic nitrogens is 1. The zero-order valence-corrected chi connectivity index (χ0v) is 12.1. The Morgan fingerprint density at radius 1 is 1.22 bits per heavy atom. The van der Waals surface area contributed by atoms with Crippen LogP contribution in [0, 0.1) is 0 Å². The number of nitrogens with zero attached hydrogens (tertiary/aromatic N) is 1. The number of hydrogen-bond donors (Lipinski definition) is 1. The van der Waals surface area contributed by atoms with Crippen molar-refractivity contribution in [3.8, 4) is 0 Å². The van der Waals surface area contributed by atoms with Gasteiger partial charge in [0.1, 0.15) is 11.3 Å². The average molecular weight is 335 g/mol. The monoisotopic (exact) mass is 335 g/mol. The van der Waals surface area contributed by atoms with Crippen LogP contribution in [0.3, 0.4) is 0 Å². The second kappa shape index (κ2) is 5.60. The number of halogens is 3. The minimum absolute atomic E-state index is 0.0322. The molecule has 2 rings (SSSR count). The minimum atomic E-state index is -5.10. The van der Waals surface area contributed by atoms with Gasteiger partial charge in [0.2, 0.25) is 0 Å². The number of carbonyl (C=O) groups excluding carboxylic acids is 2. The summed E-state index contributed by atoms with van der Waals surface area (Å²) in [6, 6.07) is 0. The molecular weight excluding hydrogens is 323 g/mol. The van der Waals surface area contributed by atoms with Crippen molar-refractivity contribution >= 4 is 17.9 Å². The van der Waals surface area contributed by atoms with Crippen molar-refractivity contribution < 1.29 is 42.1 Å². The zero-order valence-electron chi connectivity index (χ0n) is 12.1. The van der Waals surface area contributed by atoms with Gasteiger partial charge in [-0.1, -0.05) is 0 Å². The van der Waals surface area contributed by atoms with Crippen LogP contribution in [0.15, 0.2) is 0 Å². The van der Waals surface area contributed by atoms with Crippen LogP contribution in [0.2, 0.25) is 0 Å². The first-order valence-corrected chi connectivity index (χ1v) is 6.38. The fourth-order valence-corrected chi connectivity index (χ4v) is 2.81. The maximum atomic E-state index is 13.3. The van der Waals surface area contributed by atoms with Crippen LogP contribution in [0.1, 0.15) is 44.4 Å². The van der Waals surface area contributed by atoms with E-state index in [0.29, 0.717) is 0 Å². The molecule has 0 fully saturated rings. The quantitative estimate of drug-likeness (QED) is 0.844. The molecule has 7 nitrogen and oxygen atoms in total. The predicted octanol–water partition coefficient (Wildman–Crippen LogP) is 1.65. The third-order valence-electron chi connectivity index (χ3n) is 3.64. The van der Waals surface area contributed by atoms with Crippen molar-refractivity contribution in [1.29, 1.82) is 0 Å². The maximum Gasteiger partial charge on any atom is 0.419 e. The number of rotatable bonds is 3. The Labute approximate surface area is 127 Å². The molecule has 0 radical (unpaired) electrons. The number of carbonyl (C=O) groups is 3. The van der Waals surface area contributed by atoms with Gasteiger partial charge in [0.05, 0.1) is 25.7 Å². The van der Waals surface area contributed by atoms with Gasteiger partial charge in [-0.05, 0) is 6.42 Å². The van der Waals surface area contributed by atoms with E-state index in [4.69, 9.17) is 5.11 Å². The van der Waals surface area contributed by atoms with Crippen molar-refractivity contribution in [2.75, 3.05) is 14.2 Å². The first-order chi connectivity index (χ1) is 10.6. The van der Waals surface area contributed by atoms with Crippen LogP contribution in [0.25, 0.3) is 0 Å². The molecule has 1 N–H and O–H groups in total. The third kappa shape index (κ3) is 2.53. The highest BCUT2D eigenvalue weighted by molar-refractivity contribution is 6.00. The minimum Gasteiger partial charge on any atom is -0.477 e. The van der Waals surface area contributed by atoms with Crippen LogP contribution in [-0.4, -0.2) is 41.8 Å². The average Bonchev–Trinajstić information content (AvgIpc) is 3.01. The number of aromatic carboxylic acids is 1. The van der Waals surface area contributed by atoms with E-state index in [0.717, 1.165) is 18.8 Å². The van der Waals surface area contributed by atoms with Gasteiger partial charge in [-0.3, -0.25) is 4.79 Å². The van der Waals surface area contributed by atoms with Gasteiger partial charge in [0.15, 0.2) is 0 Å². The number of hydrogen-bond acceptors (Lipinski definition) is 5. The molecule has 1 aromatic rings. The molecule has 1 aliphatic rings. The van der Waals surface area contributed by atoms with E-state index in [1.807, 2.05) is 0 Å². The summed E-state index contributed by atoms with van der Waals surface area (Å²) in [4.78, 5) is 34.9. The lowest BCUT2D eigenvalue weighted by atomic mass is 9.97. The molecular formula is C13H12F3NO6. The molecule has 10 heteroatoms. The molecule has 1 aliphatic heterocycles. The van der Waals surface area contributed by atoms with Crippen LogP contribution in [-0.2, 0) is 27.0 Å². The van der Waals surface area contributed by atoms with Gasteiger partial charge in [-0.25, -0.2) is 9.59 Å². The van der Waals surface area contributed by atoms with Crippen LogP contribution >= 0.6 is 0 Å². The summed E-state index contributed by atoms with van der Waals surface area (Å²) in [6.45, 7) is -0.156. The Hall–Kier alpha value is -2.52. The Morgan fingerprint density at radius 2 is 1.83 bits per heavy atom. The number of carboxylic acids is 1. The van der Waals surface area contributed by atoms with Crippen molar-refractivity contribution in [2.45, 2.75) is 25.1 Å². The third-order valence-corrected chi connectivity index (χ3v) is 3.64. The summed E-state index contributed by atoms with van der Waals surface area (Å²) in [5.41, 5.74) is -3.99. The molecule has 23 heavy (non-hydrogen) atoms. The molecule has 126 valence electrons. The standard InChI is InChI=1S/C13H12F3NO6/c1-22-11(20)5-3-4-17-8(5)6(12(21)23-2)7(13(14,15)16)9(17)10(18)19/h5H,3-4H2,1-2H3,(H,18,19). The second-order valence-corrected chi connectivity index (χ2v) is 4.79. The normalized spacial score (nSPS) is 16.8. The van der Waals surface area contributed by atoms with Crippen LogP contribution < -0.4 is 0 Å². The van der Waals surface area contributed by atoms with Crippen molar-refractivity contribution in [1.82, 2.24) is 4.57 Å². The Kier molecular flexibility index (Phi) is 4.10. The number of carboxylic acid groups (broad SMARTS) is 1. The topological polar surface area (TPSA) is 94.8 Å². The van der Waals surface area contributed by atoms with Gasteiger partial charge >= 0.3 is 24.1 Å². The number of alkyl halides is 3. The van der Waals surface area contributed by atoms with Gasteiger partial charge in [0, 0.05) is 12.2 Å². The van der Waals surface area contributed by atoms with Crippen molar-refractivity contribution in [3.05, 3.63) is 22.5 Å². The molecule has 0 saturated heterocycles. The van der Waals surface area contributed by atoms with Gasteiger partial charge < -0.3 is 19.1 Å². The Bertz CT molecular complexity index is 691. The number of methoxy groups -OCH3 is 2. The molecule has 0 aromatic carbocycles. The first-order valence-electron chi connectivity index (χ1n) is 6.38. The fraction of sp³-hybridized carbons (Fsp3) is 0.462. The van der Waals surface area contributed by atoms with Crippen LogP contribution in [0.5, 0.6) is 0 Å². The summed E-state index contributed by atoms with van der Waals surface area (Å²) in [6.07, 6.45) is -5.07. The largest absolute Gasteiger partial charge is 0.477 e. The number of esters is 2. The molecule has 1 unspecified atom stereocenters. The first kappa shape index (κ1) is 16.8. The summed E-state index contributed by atoms with van der Waals surface area (Å²) < 4.78 is 49.7. The lowest BCUT2D eigenvalue weighted by Crippen LogP contribution is -2.19. The summed E-state index contributed by atoms with van der Waals surface area (Å²) in [5, 5.41) is 9.15. The van der Waals surface area contributed by atoms with E-state index in [2.05, 4.69) is 9.47 Å². The Balaban J connectivity index is 2.86. The van der Waals surface area contributed by atoms with Gasteiger partial charge in [-0.2, -0.15) is 13.2 Å². The Morgan fingerprint density at radius 3 is 2.26 bits per heavy atom. The summed E-state index contributed by atoms with van der Waals surface area (Å²) in [5.74, 6) is -5.22. The molecule has 0 amide bonds. The predicted molar refractivity (Wildman–Crippen MR) is 67.1 cm³/mol. The fourth-order valence-electron chi connectivity index (χ4n) is 2.81. The van der Waals surface area contributed by atoms with Crippen molar-refractivity contribution in [2.24, 2.45) is 0 Å². The van der Waals surface area contributed by atoms with Crippen LogP contribution in [0.4, 0.5) is 13.2 Å². The molecule has 1 aromatic heterocycles. The highest BCUT2D eigenvalue weighted by atomic mass is 19.4. The number of ether oxygens (including phenoxy) is 2. The lowest BCUT2D eigenvalue weighted by Gasteiger charge is -2.12. The summed E-state index contributed by atoms with van der Waals surface area (Å²) >= 11 is 0. The lowest BCUT2D eigenvalue weighted by molar-refractivity contribution is -0.143.